The molecule has 2 aromatic rings. The molecule has 0 aliphatic rings. The molecule has 0 aliphatic carbocycles. The molecular weight excluding hydrogens is 304 g/mol. The van der Waals surface area contributed by atoms with Crippen molar-refractivity contribution in [1.82, 2.24) is 9.97 Å². The Morgan fingerprint density at radius 2 is 1.89 bits per heavy atom. The molecule has 0 aliphatic heterocycles. The van der Waals surface area contributed by atoms with E-state index < -0.39 is 0 Å². The van der Waals surface area contributed by atoms with E-state index in [4.69, 9.17) is 4.74 Å². The Balaban J connectivity index is 2.06. The number of alkyl halides is 1. The number of hydrogen-bond donors (Lipinski definition) is 0. The van der Waals surface area contributed by atoms with Crippen molar-refractivity contribution in [2.45, 2.75) is 31.2 Å². The van der Waals surface area contributed by atoms with E-state index >= 15 is 0 Å². The highest BCUT2D eigenvalue weighted by Gasteiger charge is 2.10. The second kappa shape index (κ2) is 6.66. The standard InChI is InChI=1S/C15H17BrN2O/c1-11(2)19-15-9-13(17-10-18-15)8-14(16)12-6-4-3-5-7-12/h3-7,9-11,14H,8H2,1-2H3. The summed E-state index contributed by atoms with van der Waals surface area (Å²) < 4.78 is 5.58. The van der Waals surface area contributed by atoms with Gasteiger partial charge in [0.25, 0.3) is 0 Å². The summed E-state index contributed by atoms with van der Waals surface area (Å²) in [6, 6.07) is 12.2. The van der Waals surface area contributed by atoms with E-state index in [-0.39, 0.29) is 10.9 Å². The summed E-state index contributed by atoms with van der Waals surface area (Å²) in [4.78, 5) is 8.65. The summed E-state index contributed by atoms with van der Waals surface area (Å²) in [5.74, 6) is 0.632. The maximum absolute atomic E-state index is 5.58. The van der Waals surface area contributed by atoms with Crippen LogP contribution < -0.4 is 4.74 Å². The van der Waals surface area contributed by atoms with Crippen LogP contribution in [0.4, 0.5) is 0 Å². The Bertz CT molecular complexity index is 517. The first-order chi connectivity index (χ1) is 9.15. The van der Waals surface area contributed by atoms with Crippen molar-refractivity contribution in [3.05, 3.63) is 54.0 Å². The lowest BCUT2D eigenvalue weighted by Crippen LogP contribution is -2.08. The molecule has 0 spiro atoms. The zero-order valence-electron chi connectivity index (χ0n) is 11.1. The molecule has 0 amide bonds. The van der Waals surface area contributed by atoms with Gasteiger partial charge in [-0.3, -0.25) is 0 Å². The molecule has 0 N–H and O–H groups in total. The van der Waals surface area contributed by atoms with Crippen molar-refractivity contribution in [2.75, 3.05) is 0 Å². The lowest BCUT2D eigenvalue weighted by Gasteiger charge is -2.11. The first-order valence-corrected chi connectivity index (χ1v) is 7.23. The van der Waals surface area contributed by atoms with Gasteiger partial charge in [0.15, 0.2) is 0 Å². The molecule has 1 heterocycles. The van der Waals surface area contributed by atoms with Crippen LogP contribution in [-0.4, -0.2) is 16.1 Å². The molecule has 3 nitrogen and oxygen atoms in total. The lowest BCUT2D eigenvalue weighted by molar-refractivity contribution is 0.232. The molecule has 0 fully saturated rings. The normalized spacial score (nSPS) is 12.4. The molecule has 2 rings (SSSR count). The van der Waals surface area contributed by atoms with Gasteiger partial charge < -0.3 is 4.74 Å². The van der Waals surface area contributed by atoms with Crippen LogP contribution in [0.5, 0.6) is 5.88 Å². The molecule has 1 aromatic heterocycles. The molecule has 100 valence electrons. The van der Waals surface area contributed by atoms with Gasteiger partial charge in [0.2, 0.25) is 5.88 Å². The first-order valence-electron chi connectivity index (χ1n) is 6.31. The summed E-state index contributed by atoms with van der Waals surface area (Å²) in [7, 11) is 0. The van der Waals surface area contributed by atoms with E-state index in [1.807, 2.05) is 38.1 Å². The molecule has 4 heteroatoms. The maximum Gasteiger partial charge on any atom is 0.216 e. The summed E-state index contributed by atoms with van der Waals surface area (Å²) in [5.41, 5.74) is 2.21. The van der Waals surface area contributed by atoms with Crippen molar-refractivity contribution in [3.63, 3.8) is 0 Å². The van der Waals surface area contributed by atoms with Crippen molar-refractivity contribution >= 4 is 15.9 Å². The third-order valence-electron chi connectivity index (χ3n) is 2.60. The lowest BCUT2D eigenvalue weighted by atomic mass is 10.1. The smallest absolute Gasteiger partial charge is 0.216 e. The van der Waals surface area contributed by atoms with Crippen LogP contribution in [0.1, 0.15) is 29.9 Å². The number of hydrogen-bond acceptors (Lipinski definition) is 3. The number of ether oxygens (including phenoxy) is 1. The monoisotopic (exact) mass is 320 g/mol. The Morgan fingerprint density at radius 3 is 2.58 bits per heavy atom. The molecular formula is C15H17BrN2O. The first kappa shape index (κ1) is 14.0. The van der Waals surface area contributed by atoms with Gasteiger partial charge in [-0.05, 0) is 19.4 Å². The molecule has 0 saturated heterocycles. The van der Waals surface area contributed by atoms with E-state index in [0.29, 0.717) is 5.88 Å². The SMILES string of the molecule is CC(C)Oc1cc(CC(Br)c2ccccc2)ncn1. The fourth-order valence-corrected chi connectivity index (χ4v) is 2.39. The van der Waals surface area contributed by atoms with Gasteiger partial charge in [0, 0.05) is 23.0 Å². The van der Waals surface area contributed by atoms with Gasteiger partial charge in [-0.2, -0.15) is 0 Å². The topological polar surface area (TPSA) is 35.0 Å². The largest absolute Gasteiger partial charge is 0.475 e. The number of halogens is 1. The van der Waals surface area contributed by atoms with Gasteiger partial charge in [0.05, 0.1) is 6.10 Å². The van der Waals surface area contributed by atoms with Crippen LogP contribution in [0.3, 0.4) is 0 Å². The summed E-state index contributed by atoms with van der Waals surface area (Å²) >= 11 is 3.70. The summed E-state index contributed by atoms with van der Waals surface area (Å²) in [5, 5.41) is 0. The Labute approximate surface area is 122 Å². The van der Waals surface area contributed by atoms with Crippen LogP contribution in [0.2, 0.25) is 0 Å². The number of aromatic nitrogens is 2. The van der Waals surface area contributed by atoms with Crippen LogP contribution in [0.25, 0.3) is 0 Å². The molecule has 1 unspecified atom stereocenters. The van der Waals surface area contributed by atoms with Gasteiger partial charge in [0.1, 0.15) is 6.33 Å². The highest BCUT2D eigenvalue weighted by atomic mass is 79.9. The van der Waals surface area contributed by atoms with Crippen molar-refractivity contribution < 1.29 is 4.74 Å². The Hall–Kier alpha value is -1.42. The van der Waals surface area contributed by atoms with E-state index in [1.54, 1.807) is 6.33 Å². The van der Waals surface area contributed by atoms with Crippen LogP contribution in [0.15, 0.2) is 42.7 Å². The number of rotatable bonds is 5. The average molecular weight is 321 g/mol. The van der Waals surface area contributed by atoms with Gasteiger partial charge in [-0.15, -0.1) is 0 Å². The Kier molecular flexibility index (Phi) is 4.91. The van der Waals surface area contributed by atoms with E-state index in [1.165, 1.54) is 5.56 Å². The minimum Gasteiger partial charge on any atom is -0.475 e. The molecule has 1 aromatic carbocycles. The fourth-order valence-electron chi connectivity index (χ4n) is 1.76. The number of nitrogens with zero attached hydrogens (tertiary/aromatic N) is 2. The van der Waals surface area contributed by atoms with Crippen LogP contribution >= 0.6 is 15.9 Å². The van der Waals surface area contributed by atoms with Gasteiger partial charge in [-0.25, -0.2) is 9.97 Å². The second-order valence-corrected chi connectivity index (χ2v) is 5.70. The zero-order chi connectivity index (χ0) is 13.7. The van der Waals surface area contributed by atoms with Gasteiger partial charge in [-0.1, -0.05) is 46.3 Å². The van der Waals surface area contributed by atoms with E-state index in [2.05, 4.69) is 38.0 Å². The molecule has 0 radical (unpaired) electrons. The molecule has 0 saturated carbocycles. The second-order valence-electron chi connectivity index (χ2n) is 4.60. The Morgan fingerprint density at radius 1 is 1.16 bits per heavy atom. The van der Waals surface area contributed by atoms with Crippen LogP contribution in [0, 0.1) is 0 Å². The highest BCUT2D eigenvalue weighted by Crippen LogP contribution is 2.26. The predicted octanol–water partition coefficient (Wildman–Crippen LogP) is 3.94. The highest BCUT2D eigenvalue weighted by molar-refractivity contribution is 9.09. The summed E-state index contributed by atoms with van der Waals surface area (Å²) in [6.07, 6.45) is 2.48. The zero-order valence-corrected chi connectivity index (χ0v) is 12.7. The van der Waals surface area contributed by atoms with Crippen molar-refractivity contribution in [2.24, 2.45) is 0 Å². The minimum absolute atomic E-state index is 0.122. The van der Waals surface area contributed by atoms with Crippen molar-refractivity contribution in [3.8, 4) is 5.88 Å². The van der Waals surface area contributed by atoms with Gasteiger partial charge >= 0.3 is 0 Å². The van der Waals surface area contributed by atoms with E-state index in [9.17, 15) is 0 Å². The maximum atomic E-state index is 5.58. The third-order valence-corrected chi connectivity index (χ3v) is 3.46. The quantitative estimate of drug-likeness (QED) is 0.782. The molecule has 0 bridgehead atoms. The predicted molar refractivity (Wildman–Crippen MR) is 79.6 cm³/mol. The fraction of sp³-hybridized carbons (Fsp3) is 0.333. The third kappa shape index (κ3) is 4.31. The molecule has 19 heavy (non-hydrogen) atoms. The summed E-state index contributed by atoms with van der Waals surface area (Å²) in [6.45, 7) is 3.97. The minimum atomic E-state index is 0.122. The molecule has 1 atom stereocenters. The van der Waals surface area contributed by atoms with E-state index in [0.717, 1.165) is 12.1 Å². The van der Waals surface area contributed by atoms with Crippen molar-refractivity contribution in [1.29, 1.82) is 0 Å². The number of benzene rings is 1. The van der Waals surface area contributed by atoms with Crippen LogP contribution in [-0.2, 0) is 6.42 Å². The average Bonchev–Trinajstić information content (AvgIpc) is 2.39.